The Morgan fingerprint density at radius 1 is 1.20 bits per heavy atom. The normalized spacial score (nSPS) is 18.9. The molecule has 0 aliphatic carbocycles. The molecule has 1 aliphatic heterocycles. The highest BCUT2D eigenvalue weighted by Gasteiger charge is 2.37. The zero-order chi connectivity index (χ0) is 14.8. The van der Waals surface area contributed by atoms with Crippen molar-refractivity contribution in [3.05, 3.63) is 23.8 Å². The Balaban J connectivity index is 2.31. The Morgan fingerprint density at radius 3 is 2.45 bits per heavy atom. The standard InChI is InChI=1S/C13H17F3N2O2/c14-13(15,16)8-11(18-5-3-17-4-6-18)10-7-9(19)1-2-12(10)20/h1-2,7,11,17,19-20H,3-6,8H2/t11-/m1/s1. The lowest BCUT2D eigenvalue weighted by atomic mass is 9.99. The predicted molar refractivity (Wildman–Crippen MR) is 67.6 cm³/mol. The van der Waals surface area contributed by atoms with Crippen molar-refractivity contribution in [2.45, 2.75) is 18.6 Å². The number of halogens is 3. The van der Waals surface area contributed by atoms with Gasteiger partial charge in [0.1, 0.15) is 11.5 Å². The summed E-state index contributed by atoms with van der Waals surface area (Å²) in [5, 5.41) is 22.3. The molecule has 0 spiro atoms. The van der Waals surface area contributed by atoms with Gasteiger partial charge in [-0.2, -0.15) is 13.2 Å². The molecule has 1 atom stereocenters. The average molecular weight is 290 g/mol. The van der Waals surface area contributed by atoms with Gasteiger partial charge in [-0.25, -0.2) is 0 Å². The summed E-state index contributed by atoms with van der Waals surface area (Å²) in [5.41, 5.74) is 0.115. The van der Waals surface area contributed by atoms with Crippen LogP contribution in [-0.2, 0) is 0 Å². The first-order valence-corrected chi connectivity index (χ1v) is 6.40. The van der Waals surface area contributed by atoms with Crippen molar-refractivity contribution in [2.24, 2.45) is 0 Å². The third kappa shape index (κ3) is 3.77. The molecule has 0 aromatic heterocycles. The van der Waals surface area contributed by atoms with Gasteiger partial charge in [-0.15, -0.1) is 0 Å². The molecule has 0 amide bonds. The van der Waals surface area contributed by atoms with Gasteiger partial charge in [0, 0.05) is 37.8 Å². The zero-order valence-electron chi connectivity index (χ0n) is 10.8. The maximum atomic E-state index is 12.8. The van der Waals surface area contributed by atoms with Gasteiger partial charge in [-0.05, 0) is 18.2 Å². The molecule has 1 saturated heterocycles. The van der Waals surface area contributed by atoms with Crippen LogP contribution in [0.15, 0.2) is 18.2 Å². The number of phenolic OH excluding ortho intramolecular Hbond substituents is 2. The minimum atomic E-state index is -4.34. The fraction of sp³-hybridized carbons (Fsp3) is 0.538. The summed E-state index contributed by atoms with van der Waals surface area (Å²) >= 11 is 0. The lowest BCUT2D eigenvalue weighted by molar-refractivity contribution is -0.148. The smallest absolute Gasteiger partial charge is 0.390 e. The van der Waals surface area contributed by atoms with E-state index in [1.807, 2.05) is 0 Å². The van der Waals surface area contributed by atoms with Gasteiger partial charge in [0.05, 0.1) is 6.42 Å². The molecule has 1 aliphatic rings. The molecule has 3 N–H and O–H groups in total. The highest BCUT2D eigenvalue weighted by Crippen LogP contribution is 2.38. The van der Waals surface area contributed by atoms with Crippen molar-refractivity contribution in [1.82, 2.24) is 10.2 Å². The topological polar surface area (TPSA) is 55.7 Å². The SMILES string of the molecule is Oc1ccc(O)c([C@@H](CC(F)(F)F)N2CCNCC2)c1. The first kappa shape index (κ1) is 14.9. The Bertz CT molecular complexity index is 459. The van der Waals surface area contributed by atoms with Gasteiger partial charge >= 0.3 is 6.18 Å². The fourth-order valence-corrected chi connectivity index (χ4v) is 2.46. The molecular formula is C13H17F3N2O2. The van der Waals surface area contributed by atoms with E-state index < -0.39 is 18.6 Å². The summed E-state index contributed by atoms with van der Waals surface area (Å²) in [6.45, 7) is 2.15. The van der Waals surface area contributed by atoms with Crippen molar-refractivity contribution >= 4 is 0 Å². The van der Waals surface area contributed by atoms with E-state index in [9.17, 15) is 23.4 Å². The van der Waals surface area contributed by atoms with Crippen molar-refractivity contribution in [1.29, 1.82) is 0 Å². The number of nitrogens with one attached hydrogen (secondary N) is 1. The van der Waals surface area contributed by atoms with Crippen molar-refractivity contribution in [2.75, 3.05) is 26.2 Å². The minimum absolute atomic E-state index is 0.115. The van der Waals surface area contributed by atoms with E-state index in [0.29, 0.717) is 26.2 Å². The van der Waals surface area contributed by atoms with E-state index in [4.69, 9.17) is 0 Å². The summed E-state index contributed by atoms with van der Waals surface area (Å²) in [7, 11) is 0. The second kappa shape index (κ2) is 5.88. The molecule has 4 nitrogen and oxygen atoms in total. The Labute approximate surface area is 114 Å². The monoisotopic (exact) mass is 290 g/mol. The molecule has 1 heterocycles. The quantitative estimate of drug-likeness (QED) is 0.745. The van der Waals surface area contributed by atoms with Crippen LogP contribution >= 0.6 is 0 Å². The second-order valence-corrected chi connectivity index (χ2v) is 4.86. The Kier molecular flexibility index (Phi) is 4.39. The summed E-state index contributed by atoms with van der Waals surface area (Å²) in [6.07, 6.45) is -5.39. The van der Waals surface area contributed by atoms with E-state index >= 15 is 0 Å². The maximum absolute atomic E-state index is 12.8. The van der Waals surface area contributed by atoms with E-state index in [1.165, 1.54) is 18.2 Å². The number of nitrogens with zero attached hydrogens (tertiary/aromatic N) is 1. The van der Waals surface area contributed by atoms with Crippen LogP contribution in [0.1, 0.15) is 18.0 Å². The van der Waals surface area contributed by atoms with Crippen LogP contribution in [0.3, 0.4) is 0 Å². The third-order valence-corrected chi connectivity index (χ3v) is 3.39. The van der Waals surface area contributed by atoms with Crippen molar-refractivity contribution in [3.63, 3.8) is 0 Å². The highest BCUT2D eigenvalue weighted by atomic mass is 19.4. The summed E-state index contributed by atoms with van der Waals surface area (Å²) in [4.78, 5) is 1.68. The molecule has 112 valence electrons. The minimum Gasteiger partial charge on any atom is -0.508 e. The predicted octanol–water partition coefficient (Wildman–Crippen LogP) is 2.00. The number of benzene rings is 1. The van der Waals surface area contributed by atoms with Crippen molar-refractivity contribution in [3.8, 4) is 11.5 Å². The van der Waals surface area contributed by atoms with Crippen LogP contribution in [-0.4, -0.2) is 47.5 Å². The molecule has 1 fully saturated rings. The van der Waals surface area contributed by atoms with Gasteiger partial charge in [-0.1, -0.05) is 0 Å². The molecule has 2 rings (SSSR count). The first-order valence-electron chi connectivity index (χ1n) is 6.40. The van der Waals surface area contributed by atoms with Gasteiger partial charge in [0.15, 0.2) is 0 Å². The molecule has 0 bridgehead atoms. The molecule has 0 saturated carbocycles. The molecule has 1 aromatic carbocycles. The second-order valence-electron chi connectivity index (χ2n) is 4.86. The maximum Gasteiger partial charge on any atom is 0.390 e. The van der Waals surface area contributed by atoms with E-state index in [-0.39, 0.29) is 17.1 Å². The van der Waals surface area contributed by atoms with Crippen LogP contribution < -0.4 is 5.32 Å². The first-order chi connectivity index (χ1) is 9.37. The number of hydrogen-bond donors (Lipinski definition) is 3. The number of piperazine rings is 1. The fourth-order valence-electron chi connectivity index (χ4n) is 2.46. The Hall–Kier alpha value is -1.47. The van der Waals surface area contributed by atoms with Crippen LogP contribution in [0.4, 0.5) is 13.2 Å². The third-order valence-electron chi connectivity index (χ3n) is 3.39. The number of hydrogen-bond acceptors (Lipinski definition) is 4. The molecule has 1 aromatic rings. The van der Waals surface area contributed by atoms with E-state index in [1.54, 1.807) is 4.90 Å². The zero-order valence-corrected chi connectivity index (χ0v) is 10.8. The number of phenols is 2. The lowest BCUT2D eigenvalue weighted by Crippen LogP contribution is -2.46. The van der Waals surface area contributed by atoms with Gasteiger partial charge in [-0.3, -0.25) is 4.90 Å². The van der Waals surface area contributed by atoms with Gasteiger partial charge in [0.2, 0.25) is 0 Å². The number of aromatic hydroxyl groups is 2. The van der Waals surface area contributed by atoms with E-state index in [0.717, 1.165) is 0 Å². The Morgan fingerprint density at radius 2 is 1.85 bits per heavy atom. The molecule has 20 heavy (non-hydrogen) atoms. The average Bonchev–Trinajstić information content (AvgIpc) is 2.39. The largest absolute Gasteiger partial charge is 0.508 e. The molecular weight excluding hydrogens is 273 g/mol. The van der Waals surface area contributed by atoms with Gasteiger partial charge < -0.3 is 15.5 Å². The lowest BCUT2D eigenvalue weighted by Gasteiger charge is -2.35. The van der Waals surface area contributed by atoms with Crippen molar-refractivity contribution < 1.29 is 23.4 Å². The summed E-state index contributed by atoms with van der Waals surface area (Å²) in [6, 6.07) is 2.69. The number of alkyl halides is 3. The summed E-state index contributed by atoms with van der Waals surface area (Å²) in [5.74, 6) is -0.379. The molecule has 0 unspecified atom stereocenters. The molecule has 7 heteroatoms. The van der Waals surface area contributed by atoms with Crippen LogP contribution in [0.25, 0.3) is 0 Å². The summed E-state index contributed by atoms with van der Waals surface area (Å²) < 4.78 is 38.4. The highest BCUT2D eigenvalue weighted by molar-refractivity contribution is 5.40. The van der Waals surface area contributed by atoms with E-state index in [2.05, 4.69) is 5.32 Å². The van der Waals surface area contributed by atoms with Crippen LogP contribution in [0.5, 0.6) is 11.5 Å². The van der Waals surface area contributed by atoms with Gasteiger partial charge in [0.25, 0.3) is 0 Å². The molecule has 0 radical (unpaired) electrons. The van der Waals surface area contributed by atoms with Crippen LogP contribution in [0.2, 0.25) is 0 Å². The number of rotatable bonds is 3. The van der Waals surface area contributed by atoms with Crippen LogP contribution in [0, 0.1) is 0 Å².